The normalized spacial score (nSPS) is 16.2. The molecule has 1 aromatic rings. The lowest BCUT2D eigenvalue weighted by Gasteiger charge is -2.26. The van der Waals surface area contributed by atoms with E-state index in [1.807, 2.05) is 0 Å². The molecule has 112 valence electrons. The summed E-state index contributed by atoms with van der Waals surface area (Å²) in [6.45, 7) is -0.905. The highest BCUT2D eigenvalue weighted by Gasteiger charge is 2.35. The van der Waals surface area contributed by atoms with E-state index in [4.69, 9.17) is 5.11 Å². The number of carbonyl (C=O) groups excluding carboxylic acids is 2. The minimum absolute atomic E-state index is 0.383. The fraction of sp³-hybridized carbons (Fsp3) is 0.250. The Morgan fingerprint density at radius 1 is 1.19 bits per heavy atom. The first-order valence-corrected chi connectivity index (χ1v) is 5.60. The number of hydrogen-bond donors (Lipinski definition) is 1. The maximum atomic E-state index is 12.6. The molecule has 1 N–H and O–H groups in total. The summed E-state index contributed by atoms with van der Waals surface area (Å²) in [5.74, 6) is -3.36. The summed E-state index contributed by atoms with van der Waals surface area (Å²) >= 11 is 0. The molecule has 0 spiro atoms. The Morgan fingerprint density at radius 2 is 1.76 bits per heavy atom. The van der Waals surface area contributed by atoms with E-state index in [9.17, 15) is 27.6 Å². The first kappa shape index (κ1) is 15.0. The van der Waals surface area contributed by atoms with Crippen LogP contribution in [-0.2, 0) is 20.5 Å². The topological polar surface area (TPSA) is 83.9 Å². The van der Waals surface area contributed by atoms with Gasteiger partial charge in [-0.05, 0) is 18.2 Å². The molecule has 1 aliphatic heterocycles. The van der Waals surface area contributed by atoms with Crippen molar-refractivity contribution in [3.8, 4) is 0 Å². The molecule has 0 unspecified atom stereocenters. The number of carboxylic acid groups (broad SMARTS) is 1. The number of nitrogens with zero attached hydrogens (tertiary/aromatic N) is 1. The Morgan fingerprint density at radius 3 is 2.24 bits per heavy atom. The Hall–Kier alpha value is -2.42. The van der Waals surface area contributed by atoms with E-state index >= 15 is 0 Å². The van der Waals surface area contributed by atoms with Crippen molar-refractivity contribution in [2.45, 2.75) is 6.18 Å². The number of benzene rings is 1. The summed E-state index contributed by atoms with van der Waals surface area (Å²) in [5.41, 5.74) is -2.38. The molecule has 1 heterocycles. The average Bonchev–Trinajstić information content (AvgIpc) is 2.37. The van der Waals surface area contributed by atoms with Crippen LogP contribution in [0.5, 0.6) is 0 Å². The molecule has 6 nitrogen and oxygen atoms in total. The van der Waals surface area contributed by atoms with Crippen LogP contribution in [0.2, 0.25) is 0 Å². The summed E-state index contributed by atoms with van der Waals surface area (Å²) in [5, 5.41) is 9.01. The van der Waals surface area contributed by atoms with E-state index < -0.39 is 54.0 Å². The summed E-state index contributed by atoms with van der Waals surface area (Å²) in [4.78, 5) is 34.9. The number of carboxylic acids is 1. The number of halogens is 3. The second kappa shape index (κ2) is 5.17. The molecule has 9 heteroatoms. The number of hydrogen-bond acceptors (Lipinski definition) is 4. The molecule has 1 aromatic carbocycles. The van der Waals surface area contributed by atoms with Gasteiger partial charge in [-0.2, -0.15) is 13.2 Å². The molecule has 2 rings (SSSR count). The molecule has 0 atom stereocenters. The van der Waals surface area contributed by atoms with Gasteiger partial charge in [-0.1, -0.05) is 0 Å². The first-order chi connectivity index (χ1) is 9.71. The highest BCUT2D eigenvalue weighted by Crippen LogP contribution is 2.33. The van der Waals surface area contributed by atoms with Crippen LogP contribution in [0.15, 0.2) is 18.2 Å². The number of alkyl halides is 3. The SMILES string of the molecule is O=C(O)c1cc(C(F)(F)F)ccc1N1C(=O)COCC1=O. The summed E-state index contributed by atoms with van der Waals surface area (Å²) in [6.07, 6.45) is -4.73. The lowest BCUT2D eigenvalue weighted by Crippen LogP contribution is -2.47. The molecule has 0 aliphatic carbocycles. The van der Waals surface area contributed by atoms with Gasteiger partial charge in [0, 0.05) is 0 Å². The highest BCUT2D eigenvalue weighted by molar-refractivity contribution is 6.19. The summed E-state index contributed by atoms with van der Waals surface area (Å²) < 4.78 is 42.5. The minimum atomic E-state index is -4.73. The third-order valence-corrected chi connectivity index (χ3v) is 2.75. The van der Waals surface area contributed by atoms with Crippen molar-refractivity contribution >= 4 is 23.5 Å². The van der Waals surface area contributed by atoms with E-state index in [0.29, 0.717) is 17.0 Å². The molecule has 1 fully saturated rings. The lowest BCUT2D eigenvalue weighted by atomic mass is 10.1. The zero-order chi connectivity index (χ0) is 15.8. The standard InChI is InChI=1S/C12H8F3NO5/c13-12(14,15)6-1-2-8(7(3-6)11(19)20)16-9(17)4-21-5-10(16)18/h1-3H,4-5H2,(H,19,20). The van der Waals surface area contributed by atoms with E-state index in [1.54, 1.807) is 0 Å². The van der Waals surface area contributed by atoms with Crippen LogP contribution in [0.25, 0.3) is 0 Å². The Balaban J connectivity index is 2.55. The molecule has 0 aromatic heterocycles. The van der Waals surface area contributed by atoms with Gasteiger partial charge in [-0.3, -0.25) is 9.59 Å². The molecule has 1 saturated heterocycles. The molecular formula is C12H8F3NO5. The Labute approximate surface area is 115 Å². The molecule has 0 radical (unpaired) electrons. The van der Waals surface area contributed by atoms with Gasteiger partial charge in [0.1, 0.15) is 13.2 Å². The number of carbonyl (C=O) groups is 3. The maximum absolute atomic E-state index is 12.6. The molecule has 0 bridgehead atoms. The molecular weight excluding hydrogens is 295 g/mol. The number of amides is 2. The number of imide groups is 1. The van der Waals surface area contributed by atoms with Crippen molar-refractivity contribution in [3.63, 3.8) is 0 Å². The zero-order valence-corrected chi connectivity index (χ0v) is 10.3. The average molecular weight is 303 g/mol. The summed E-state index contributed by atoms with van der Waals surface area (Å²) in [6, 6.07) is 1.78. The molecule has 1 aliphatic rings. The van der Waals surface area contributed by atoms with Gasteiger partial charge >= 0.3 is 12.1 Å². The quantitative estimate of drug-likeness (QED) is 0.832. The van der Waals surface area contributed by atoms with Crippen molar-refractivity contribution in [3.05, 3.63) is 29.3 Å². The van der Waals surface area contributed by atoms with Crippen molar-refractivity contribution in [2.24, 2.45) is 0 Å². The molecule has 21 heavy (non-hydrogen) atoms. The summed E-state index contributed by atoms with van der Waals surface area (Å²) in [7, 11) is 0. The van der Waals surface area contributed by atoms with Crippen molar-refractivity contribution in [2.75, 3.05) is 18.1 Å². The van der Waals surface area contributed by atoms with Crippen LogP contribution < -0.4 is 4.90 Å². The maximum Gasteiger partial charge on any atom is 0.416 e. The number of morpholine rings is 1. The number of ether oxygens (including phenoxy) is 1. The lowest BCUT2D eigenvalue weighted by molar-refractivity contribution is -0.138. The van der Waals surface area contributed by atoms with Gasteiger partial charge in [0.2, 0.25) is 0 Å². The monoisotopic (exact) mass is 303 g/mol. The number of rotatable bonds is 2. The first-order valence-electron chi connectivity index (χ1n) is 5.60. The van der Waals surface area contributed by atoms with Crippen molar-refractivity contribution in [1.82, 2.24) is 0 Å². The number of anilines is 1. The Kier molecular flexibility index (Phi) is 3.69. The van der Waals surface area contributed by atoms with Crippen LogP contribution >= 0.6 is 0 Å². The van der Waals surface area contributed by atoms with Crippen LogP contribution in [0.4, 0.5) is 18.9 Å². The fourth-order valence-corrected chi connectivity index (χ4v) is 1.84. The molecule has 0 saturated carbocycles. The van der Waals surface area contributed by atoms with Crippen molar-refractivity contribution < 1.29 is 37.4 Å². The van der Waals surface area contributed by atoms with Gasteiger partial charge in [-0.15, -0.1) is 0 Å². The van der Waals surface area contributed by atoms with Crippen LogP contribution in [0, 0.1) is 0 Å². The Bertz CT molecular complexity index is 610. The van der Waals surface area contributed by atoms with E-state index in [-0.39, 0.29) is 0 Å². The largest absolute Gasteiger partial charge is 0.478 e. The van der Waals surface area contributed by atoms with E-state index in [0.717, 1.165) is 6.07 Å². The van der Waals surface area contributed by atoms with Crippen LogP contribution in [0.3, 0.4) is 0 Å². The van der Waals surface area contributed by atoms with E-state index in [2.05, 4.69) is 4.74 Å². The highest BCUT2D eigenvalue weighted by atomic mass is 19.4. The predicted molar refractivity (Wildman–Crippen MR) is 61.7 cm³/mol. The predicted octanol–water partition coefficient (Wildman–Crippen LogP) is 1.29. The van der Waals surface area contributed by atoms with Gasteiger partial charge in [0.05, 0.1) is 16.8 Å². The van der Waals surface area contributed by atoms with E-state index in [1.165, 1.54) is 0 Å². The zero-order valence-electron chi connectivity index (χ0n) is 10.3. The third kappa shape index (κ3) is 2.87. The van der Waals surface area contributed by atoms with Crippen LogP contribution in [0.1, 0.15) is 15.9 Å². The van der Waals surface area contributed by atoms with Gasteiger partial charge in [0.15, 0.2) is 0 Å². The van der Waals surface area contributed by atoms with Gasteiger partial charge in [-0.25, -0.2) is 9.69 Å². The van der Waals surface area contributed by atoms with Crippen LogP contribution in [-0.4, -0.2) is 36.1 Å². The molecule has 2 amide bonds. The smallest absolute Gasteiger partial charge is 0.416 e. The number of aromatic carboxylic acids is 1. The minimum Gasteiger partial charge on any atom is -0.478 e. The van der Waals surface area contributed by atoms with Gasteiger partial charge < -0.3 is 9.84 Å². The fourth-order valence-electron chi connectivity index (χ4n) is 1.84. The second-order valence-electron chi connectivity index (χ2n) is 4.15. The third-order valence-electron chi connectivity index (χ3n) is 2.75. The second-order valence-corrected chi connectivity index (χ2v) is 4.15. The van der Waals surface area contributed by atoms with Gasteiger partial charge in [0.25, 0.3) is 11.8 Å². The van der Waals surface area contributed by atoms with Crippen molar-refractivity contribution in [1.29, 1.82) is 0 Å².